The molecule has 1 rings (SSSR count). The highest BCUT2D eigenvalue weighted by Gasteiger charge is 2.10. The van der Waals surface area contributed by atoms with Gasteiger partial charge in [0.2, 0.25) is 0 Å². The van der Waals surface area contributed by atoms with Crippen molar-refractivity contribution in [1.82, 2.24) is 0 Å². The van der Waals surface area contributed by atoms with E-state index in [0.717, 1.165) is 0 Å². The van der Waals surface area contributed by atoms with E-state index in [9.17, 15) is 8.42 Å². The Kier molecular flexibility index (Phi) is 6.04. The molecule has 18 heavy (non-hydrogen) atoms. The van der Waals surface area contributed by atoms with Gasteiger partial charge in [0.25, 0.3) is 0 Å². The van der Waals surface area contributed by atoms with E-state index in [2.05, 4.69) is 0 Å². The van der Waals surface area contributed by atoms with Gasteiger partial charge in [0, 0.05) is 12.5 Å². The molecule has 0 heterocycles. The van der Waals surface area contributed by atoms with Crippen molar-refractivity contribution in [2.75, 3.05) is 13.9 Å². The molecular formula is C13H18O4S. The molecule has 4 nitrogen and oxygen atoms in total. The highest BCUT2D eigenvalue weighted by Crippen LogP contribution is 2.12. The number of sulfone groups is 1. The molecule has 0 spiro atoms. The summed E-state index contributed by atoms with van der Waals surface area (Å²) in [5, 5.41) is 1.19. The van der Waals surface area contributed by atoms with E-state index < -0.39 is 9.84 Å². The lowest BCUT2D eigenvalue weighted by Crippen LogP contribution is -2.11. The number of ether oxygens (including phenoxy) is 2. The van der Waals surface area contributed by atoms with Crippen molar-refractivity contribution < 1.29 is 17.9 Å². The van der Waals surface area contributed by atoms with Crippen molar-refractivity contribution in [3.05, 3.63) is 41.8 Å². The molecule has 0 bridgehead atoms. The molecule has 0 aliphatic heterocycles. The summed E-state index contributed by atoms with van der Waals surface area (Å²) in [6.07, 6.45) is 1.97. The van der Waals surface area contributed by atoms with Crippen LogP contribution >= 0.6 is 0 Å². The number of rotatable bonds is 7. The van der Waals surface area contributed by atoms with E-state index in [-0.39, 0.29) is 17.8 Å². The Labute approximate surface area is 108 Å². The minimum Gasteiger partial charge on any atom is -0.359 e. The molecule has 0 amide bonds. The summed E-state index contributed by atoms with van der Waals surface area (Å²) in [6, 6.07) is 8.30. The molecule has 0 fully saturated rings. The Bertz CT molecular complexity index is 465. The second-order valence-corrected chi connectivity index (χ2v) is 5.54. The summed E-state index contributed by atoms with van der Waals surface area (Å²) in [4.78, 5) is 0.280. The summed E-state index contributed by atoms with van der Waals surface area (Å²) in [5.74, 6) is 0. The first-order chi connectivity index (χ1) is 8.60. The fourth-order valence-electron chi connectivity index (χ4n) is 1.34. The molecule has 0 aliphatic rings. The molecule has 0 saturated carbocycles. The Morgan fingerprint density at radius 2 is 1.94 bits per heavy atom. The van der Waals surface area contributed by atoms with E-state index in [0.29, 0.717) is 6.42 Å². The monoisotopic (exact) mass is 270 g/mol. The molecular weight excluding hydrogens is 252 g/mol. The number of benzene rings is 1. The molecule has 0 N–H and O–H groups in total. The third-order valence-electron chi connectivity index (χ3n) is 2.35. The van der Waals surface area contributed by atoms with Gasteiger partial charge in [-0.15, -0.1) is 0 Å². The highest BCUT2D eigenvalue weighted by atomic mass is 32.2. The van der Waals surface area contributed by atoms with Gasteiger partial charge < -0.3 is 9.47 Å². The van der Waals surface area contributed by atoms with Gasteiger partial charge in [-0.2, -0.15) is 0 Å². The van der Waals surface area contributed by atoms with Crippen LogP contribution in [-0.2, 0) is 19.3 Å². The van der Waals surface area contributed by atoms with Crippen LogP contribution in [0.4, 0.5) is 0 Å². The van der Waals surface area contributed by atoms with Crippen molar-refractivity contribution in [2.24, 2.45) is 0 Å². The Morgan fingerprint density at radius 3 is 2.50 bits per heavy atom. The molecule has 0 aromatic heterocycles. The van der Waals surface area contributed by atoms with Crippen LogP contribution in [0.3, 0.4) is 0 Å². The van der Waals surface area contributed by atoms with Crippen LogP contribution in [0, 0.1) is 0 Å². The van der Waals surface area contributed by atoms with Gasteiger partial charge in [-0.05, 0) is 24.6 Å². The molecule has 0 aliphatic carbocycles. The summed E-state index contributed by atoms with van der Waals surface area (Å²) >= 11 is 0. The van der Waals surface area contributed by atoms with E-state index >= 15 is 0 Å². The van der Waals surface area contributed by atoms with E-state index in [1.807, 2.05) is 6.92 Å². The van der Waals surface area contributed by atoms with Gasteiger partial charge in [-0.3, -0.25) is 0 Å². The average molecular weight is 270 g/mol. The van der Waals surface area contributed by atoms with E-state index in [4.69, 9.17) is 9.47 Å². The molecule has 1 aromatic carbocycles. The normalized spacial score (nSPS) is 13.9. The zero-order valence-corrected chi connectivity index (χ0v) is 11.4. The van der Waals surface area contributed by atoms with Gasteiger partial charge >= 0.3 is 0 Å². The van der Waals surface area contributed by atoms with Crippen LogP contribution in [0.2, 0.25) is 0 Å². The molecule has 1 aromatic rings. The van der Waals surface area contributed by atoms with Gasteiger partial charge in [0.15, 0.2) is 9.84 Å². The zero-order chi connectivity index (χ0) is 13.4. The van der Waals surface area contributed by atoms with Crippen LogP contribution in [0.5, 0.6) is 0 Å². The van der Waals surface area contributed by atoms with Crippen molar-refractivity contribution in [3.8, 4) is 0 Å². The third-order valence-corrected chi connectivity index (χ3v) is 3.79. The van der Waals surface area contributed by atoms with Crippen molar-refractivity contribution in [3.63, 3.8) is 0 Å². The second-order valence-electron chi connectivity index (χ2n) is 3.71. The summed E-state index contributed by atoms with van der Waals surface area (Å²) < 4.78 is 34.0. The molecule has 0 radical (unpaired) electrons. The fourth-order valence-corrected chi connectivity index (χ4v) is 2.42. The first-order valence-electron chi connectivity index (χ1n) is 5.69. The topological polar surface area (TPSA) is 52.6 Å². The predicted octanol–water partition coefficient (Wildman–Crippen LogP) is 2.37. The Hall–Kier alpha value is -1.17. The van der Waals surface area contributed by atoms with E-state index in [1.165, 1.54) is 12.5 Å². The Morgan fingerprint density at radius 1 is 1.28 bits per heavy atom. The minimum absolute atomic E-state index is 0.147. The predicted molar refractivity (Wildman–Crippen MR) is 69.8 cm³/mol. The second kappa shape index (κ2) is 7.31. The van der Waals surface area contributed by atoms with E-state index in [1.54, 1.807) is 36.4 Å². The van der Waals surface area contributed by atoms with Crippen molar-refractivity contribution in [2.45, 2.75) is 24.3 Å². The number of methoxy groups -OCH3 is 1. The van der Waals surface area contributed by atoms with Gasteiger partial charge in [-0.25, -0.2) is 8.42 Å². The number of hydrogen-bond donors (Lipinski definition) is 0. The first-order valence-corrected chi connectivity index (χ1v) is 7.23. The van der Waals surface area contributed by atoms with Crippen LogP contribution in [0.15, 0.2) is 46.7 Å². The van der Waals surface area contributed by atoms with Gasteiger partial charge in [-0.1, -0.05) is 25.1 Å². The van der Waals surface area contributed by atoms with Gasteiger partial charge in [0.1, 0.15) is 6.79 Å². The van der Waals surface area contributed by atoms with Gasteiger partial charge in [0.05, 0.1) is 11.0 Å². The number of hydrogen-bond acceptors (Lipinski definition) is 4. The largest absolute Gasteiger partial charge is 0.359 e. The molecule has 100 valence electrons. The SMILES string of the molecule is CC[C@@H](/C=C/S(=O)(=O)c1ccccc1)OCOC. The third kappa shape index (κ3) is 4.60. The smallest absolute Gasteiger partial charge is 0.199 e. The first kappa shape index (κ1) is 14.9. The van der Waals surface area contributed by atoms with Crippen LogP contribution in [0.25, 0.3) is 0 Å². The standard InChI is InChI=1S/C13H18O4S/c1-3-12(17-11-16-2)9-10-18(14,15)13-7-5-4-6-8-13/h4-10,12H,3,11H2,1-2H3/b10-9+/t12-/m0/s1. The zero-order valence-electron chi connectivity index (χ0n) is 10.6. The minimum atomic E-state index is -3.39. The highest BCUT2D eigenvalue weighted by molar-refractivity contribution is 7.94. The maximum Gasteiger partial charge on any atom is 0.199 e. The Balaban J connectivity index is 2.76. The molecule has 1 atom stereocenters. The van der Waals surface area contributed by atoms with Crippen molar-refractivity contribution in [1.29, 1.82) is 0 Å². The maximum atomic E-state index is 12.0. The average Bonchev–Trinajstić information content (AvgIpc) is 2.40. The lowest BCUT2D eigenvalue weighted by atomic mass is 10.3. The van der Waals surface area contributed by atoms with Crippen molar-refractivity contribution >= 4 is 9.84 Å². The fraction of sp³-hybridized carbons (Fsp3) is 0.385. The van der Waals surface area contributed by atoms with Crippen LogP contribution < -0.4 is 0 Å². The molecule has 0 unspecified atom stereocenters. The molecule has 0 saturated heterocycles. The van der Waals surface area contributed by atoms with Crippen LogP contribution in [0.1, 0.15) is 13.3 Å². The maximum absolute atomic E-state index is 12.0. The molecule has 5 heteroatoms. The summed E-state index contributed by atoms with van der Waals surface area (Å²) in [6.45, 7) is 2.06. The summed E-state index contributed by atoms with van der Waals surface area (Å²) in [7, 11) is -1.87. The van der Waals surface area contributed by atoms with Crippen LogP contribution in [-0.4, -0.2) is 28.4 Å². The quantitative estimate of drug-likeness (QED) is 0.714. The lowest BCUT2D eigenvalue weighted by Gasteiger charge is -2.10. The summed E-state index contributed by atoms with van der Waals surface area (Å²) in [5.41, 5.74) is 0. The lowest BCUT2D eigenvalue weighted by molar-refractivity contribution is -0.0560.